The topological polar surface area (TPSA) is 103 Å². The molecule has 9 heteroatoms. The molecular formula is C20H20N8O. The molecule has 146 valence electrons. The van der Waals surface area contributed by atoms with Crippen LogP contribution in [0.2, 0.25) is 0 Å². The number of aryl methyl sites for hydroxylation is 1. The van der Waals surface area contributed by atoms with Crippen molar-refractivity contribution in [3.63, 3.8) is 0 Å². The zero-order chi connectivity index (χ0) is 19.6. The number of hydrogen-bond donors (Lipinski definition) is 1. The highest BCUT2D eigenvalue weighted by Crippen LogP contribution is 2.24. The molecule has 4 aromatic rings. The molecule has 1 aliphatic heterocycles. The normalized spacial score (nSPS) is 16.3. The third kappa shape index (κ3) is 3.24. The SMILES string of the molecule is O=C(NCc1cccnc1-n1cnc2ccccc21)C1CCCCn2nnnc21. The second-order valence-corrected chi connectivity index (χ2v) is 7.12. The molecule has 29 heavy (non-hydrogen) atoms. The first-order valence-corrected chi connectivity index (χ1v) is 9.71. The van der Waals surface area contributed by atoms with Crippen molar-refractivity contribution in [1.29, 1.82) is 0 Å². The van der Waals surface area contributed by atoms with Gasteiger partial charge in [-0.3, -0.25) is 9.36 Å². The first-order valence-electron chi connectivity index (χ1n) is 9.71. The third-order valence-electron chi connectivity index (χ3n) is 5.30. The molecular weight excluding hydrogens is 368 g/mol. The molecule has 0 fully saturated rings. The van der Waals surface area contributed by atoms with E-state index in [0.717, 1.165) is 48.2 Å². The molecule has 0 saturated carbocycles. The van der Waals surface area contributed by atoms with Crippen molar-refractivity contribution in [2.24, 2.45) is 0 Å². The minimum Gasteiger partial charge on any atom is -0.351 e. The van der Waals surface area contributed by atoms with Crippen molar-refractivity contribution in [2.45, 2.75) is 38.3 Å². The number of fused-ring (bicyclic) bond motifs is 2. The van der Waals surface area contributed by atoms with Crippen LogP contribution in [0.3, 0.4) is 0 Å². The van der Waals surface area contributed by atoms with Crippen molar-refractivity contribution in [3.05, 3.63) is 60.3 Å². The van der Waals surface area contributed by atoms with Gasteiger partial charge in [-0.25, -0.2) is 14.6 Å². The largest absolute Gasteiger partial charge is 0.351 e. The number of imidazole rings is 1. The third-order valence-corrected chi connectivity index (χ3v) is 5.30. The lowest BCUT2D eigenvalue weighted by molar-refractivity contribution is -0.123. The number of nitrogens with zero attached hydrogens (tertiary/aromatic N) is 7. The van der Waals surface area contributed by atoms with Crippen LogP contribution < -0.4 is 5.32 Å². The van der Waals surface area contributed by atoms with E-state index in [-0.39, 0.29) is 11.8 Å². The molecule has 5 rings (SSSR count). The van der Waals surface area contributed by atoms with E-state index in [1.165, 1.54) is 0 Å². The maximum atomic E-state index is 12.9. The summed E-state index contributed by atoms with van der Waals surface area (Å²) < 4.78 is 3.69. The van der Waals surface area contributed by atoms with Crippen molar-refractivity contribution >= 4 is 16.9 Å². The highest BCUT2D eigenvalue weighted by atomic mass is 16.1. The van der Waals surface area contributed by atoms with Crippen LogP contribution in [-0.2, 0) is 17.9 Å². The highest BCUT2D eigenvalue weighted by molar-refractivity contribution is 5.83. The summed E-state index contributed by atoms with van der Waals surface area (Å²) in [5.41, 5.74) is 2.79. The molecule has 1 N–H and O–H groups in total. The molecule has 0 saturated heterocycles. The second-order valence-electron chi connectivity index (χ2n) is 7.12. The predicted octanol–water partition coefficient (Wildman–Crippen LogP) is 1.99. The summed E-state index contributed by atoms with van der Waals surface area (Å²) in [6.07, 6.45) is 6.19. The Bertz CT molecular complexity index is 1160. The Morgan fingerprint density at radius 3 is 3.03 bits per heavy atom. The van der Waals surface area contributed by atoms with Gasteiger partial charge in [0, 0.05) is 24.8 Å². The molecule has 1 unspecified atom stereocenters. The van der Waals surface area contributed by atoms with Crippen molar-refractivity contribution in [2.75, 3.05) is 0 Å². The summed E-state index contributed by atoms with van der Waals surface area (Å²) in [4.78, 5) is 21.9. The summed E-state index contributed by atoms with van der Waals surface area (Å²) in [7, 11) is 0. The van der Waals surface area contributed by atoms with Crippen LogP contribution in [0.1, 0.15) is 36.6 Å². The molecule has 1 atom stereocenters. The standard InChI is InChI=1S/C20H20N8O/c29-20(15-7-3-4-11-28-19(15)24-25-26-28)22-12-14-6-5-10-21-18(14)27-13-23-16-8-1-2-9-17(16)27/h1-2,5-6,8-10,13,15H,3-4,7,11-12H2,(H,22,29). The van der Waals surface area contributed by atoms with Gasteiger partial charge in [-0.15, -0.1) is 5.10 Å². The van der Waals surface area contributed by atoms with E-state index in [1.54, 1.807) is 17.2 Å². The van der Waals surface area contributed by atoms with Crippen molar-refractivity contribution < 1.29 is 4.79 Å². The maximum absolute atomic E-state index is 12.9. The van der Waals surface area contributed by atoms with Gasteiger partial charge in [-0.2, -0.15) is 0 Å². The Kier molecular flexibility index (Phi) is 4.47. The van der Waals surface area contributed by atoms with E-state index in [2.05, 4.69) is 30.8 Å². The minimum absolute atomic E-state index is 0.0618. The monoisotopic (exact) mass is 388 g/mol. The van der Waals surface area contributed by atoms with Crippen molar-refractivity contribution in [3.8, 4) is 5.82 Å². The van der Waals surface area contributed by atoms with E-state index >= 15 is 0 Å². The Hall–Kier alpha value is -3.62. The zero-order valence-corrected chi connectivity index (χ0v) is 15.8. The van der Waals surface area contributed by atoms with Crippen LogP contribution in [0.4, 0.5) is 0 Å². The summed E-state index contributed by atoms with van der Waals surface area (Å²) >= 11 is 0. The Morgan fingerprint density at radius 2 is 2.07 bits per heavy atom. The van der Waals surface area contributed by atoms with Crippen LogP contribution in [-0.4, -0.2) is 40.6 Å². The first kappa shape index (κ1) is 17.5. The lowest BCUT2D eigenvalue weighted by Gasteiger charge is -2.15. The first-order chi connectivity index (χ1) is 14.3. The molecule has 1 aliphatic rings. The highest BCUT2D eigenvalue weighted by Gasteiger charge is 2.28. The van der Waals surface area contributed by atoms with Crippen LogP contribution in [0, 0.1) is 0 Å². The van der Waals surface area contributed by atoms with Gasteiger partial charge in [0.25, 0.3) is 0 Å². The average Bonchev–Trinajstić information content (AvgIpc) is 3.35. The molecule has 0 aliphatic carbocycles. The van der Waals surface area contributed by atoms with Crippen molar-refractivity contribution in [1.82, 2.24) is 40.1 Å². The molecule has 1 aromatic carbocycles. The fourth-order valence-electron chi connectivity index (χ4n) is 3.83. The fraction of sp³-hybridized carbons (Fsp3) is 0.300. The minimum atomic E-state index is -0.332. The smallest absolute Gasteiger partial charge is 0.231 e. The Morgan fingerprint density at radius 1 is 1.14 bits per heavy atom. The van der Waals surface area contributed by atoms with Crippen LogP contribution in [0.5, 0.6) is 0 Å². The molecule has 0 bridgehead atoms. The van der Waals surface area contributed by atoms with Gasteiger partial charge < -0.3 is 5.32 Å². The number of amides is 1. The molecule has 0 spiro atoms. The van der Waals surface area contributed by atoms with Gasteiger partial charge in [0.1, 0.15) is 12.1 Å². The number of carbonyl (C=O) groups excluding carboxylic acids is 1. The number of aromatic nitrogens is 7. The number of hydrogen-bond acceptors (Lipinski definition) is 6. The number of para-hydroxylation sites is 2. The number of pyridine rings is 1. The number of tetrazole rings is 1. The summed E-state index contributed by atoms with van der Waals surface area (Å²) in [5, 5.41) is 14.9. The maximum Gasteiger partial charge on any atom is 0.231 e. The number of rotatable bonds is 4. The lowest BCUT2D eigenvalue weighted by atomic mass is 10.0. The van der Waals surface area contributed by atoms with E-state index in [1.807, 2.05) is 41.0 Å². The van der Waals surface area contributed by atoms with Gasteiger partial charge in [-0.05, 0) is 41.5 Å². The summed E-state index contributed by atoms with van der Waals surface area (Å²) in [5.74, 6) is 1.01. The van der Waals surface area contributed by atoms with E-state index in [9.17, 15) is 4.79 Å². The molecule has 4 heterocycles. The summed E-state index contributed by atoms with van der Waals surface area (Å²) in [6.45, 7) is 1.12. The fourth-order valence-corrected chi connectivity index (χ4v) is 3.83. The number of benzene rings is 1. The molecule has 0 radical (unpaired) electrons. The molecule has 3 aromatic heterocycles. The Balaban J connectivity index is 1.39. The van der Waals surface area contributed by atoms with Gasteiger partial charge in [0.05, 0.1) is 17.0 Å². The number of carbonyl (C=O) groups is 1. The van der Waals surface area contributed by atoms with E-state index in [4.69, 9.17) is 0 Å². The van der Waals surface area contributed by atoms with Crippen LogP contribution in [0.25, 0.3) is 16.9 Å². The van der Waals surface area contributed by atoms with Gasteiger partial charge in [-0.1, -0.05) is 24.6 Å². The van der Waals surface area contributed by atoms with Gasteiger partial charge in [0.15, 0.2) is 5.82 Å². The molecule has 1 amide bonds. The van der Waals surface area contributed by atoms with Gasteiger partial charge >= 0.3 is 0 Å². The molecule has 9 nitrogen and oxygen atoms in total. The van der Waals surface area contributed by atoms with Gasteiger partial charge in [0.2, 0.25) is 5.91 Å². The van der Waals surface area contributed by atoms with Crippen LogP contribution in [0.15, 0.2) is 48.9 Å². The summed E-state index contributed by atoms with van der Waals surface area (Å²) in [6, 6.07) is 11.7. The average molecular weight is 388 g/mol. The number of nitrogens with one attached hydrogen (secondary N) is 1. The van der Waals surface area contributed by atoms with E-state index in [0.29, 0.717) is 12.4 Å². The lowest BCUT2D eigenvalue weighted by Crippen LogP contribution is -2.30. The Labute approximate surface area is 166 Å². The van der Waals surface area contributed by atoms with Crippen LogP contribution >= 0.6 is 0 Å². The second kappa shape index (κ2) is 7.42. The quantitative estimate of drug-likeness (QED) is 0.573. The zero-order valence-electron chi connectivity index (χ0n) is 15.8. The van der Waals surface area contributed by atoms with E-state index < -0.39 is 0 Å². The predicted molar refractivity (Wildman–Crippen MR) is 105 cm³/mol.